The monoisotopic (exact) mass is 419 g/mol. The molecule has 1 saturated heterocycles. The van der Waals surface area contributed by atoms with Gasteiger partial charge < -0.3 is 10.2 Å². The molecular weight excluding hydrogens is 393 g/mol. The SMILES string of the molecule is Fc1ccc(C(CCN2CCCCC2)c2nc(Nc3cc[nH]n3)c3cccn3n2)cc1. The van der Waals surface area contributed by atoms with Gasteiger partial charge >= 0.3 is 0 Å². The number of anilines is 2. The van der Waals surface area contributed by atoms with Crippen LogP contribution in [0.4, 0.5) is 16.0 Å². The maximum atomic E-state index is 13.6. The quantitative estimate of drug-likeness (QED) is 0.466. The fourth-order valence-corrected chi connectivity index (χ4v) is 4.28. The van der Waals surface area contributed by atoms with Gasteiger partial charge in [-0.2, -0.15) is 10.2 Å². The van der Waals surface area contributed by atoms with Crippen molar-refractivity contribution in [2.75, 3.05) is 25.0 Å². The fraction of sp³-hybridized carbons (Fsp3) is 0.348. The molecule has 2 N–H and O–H groups in total. The second-order valence-electron chi connectivity index (χ2n) is 8.04. The summed E-state index contributed by atoms with van der Waals surface area (Å²) >= 11 is 0. The second-order valence-corrected chi connectivity index (χ2v) is 8.04. The van der Waals surface area contributed by atoms with E-state index in [0.717, 1.165) is 37.1 Å². The zero-order valence-corrected chi connectivity index (χ0v) is 17.3. The van der Waals surface area contributed by atoms with E-state index in [4.69, 9.17) is 10.1 Å². The predicted molar refractivity (Wildman–Crippen MR) is 118 cm³/mol. The first-order valence-electron chi connectivity index (χ1n) is 10.9. The van der Waals surface area contributed by atoms with Crippen LogP contribution in [0.1, 0.15) is 43.0 Å². The van der Waals surface area contributed by atoms with Crippen LogP contribution >= 0.6 is 0 Å². The van der Waals surface area contributed by atoms with Crippen molar-refractivity contribution in [3.63, 3.8) is 0 Å². The molecule has 5 rings (SSSR count). The Kier molecular flexibility index (Phi) is 5.62. The van der Waals surface area contributed by atoms with Crippen LogP contribution in [0.25, 0.3) is 5.52 Å². The molecule has 160 valence electrons. The maximum Gasteiger partial charge on any atom is 0.159 e. The molecule has 4 heterocycles. The van der Waals surface area contributed by atoms with Gasteiger partial charge in [-0.15, -0.1) is 0 Å². The standard InChI is InChI=1S/C23H26FN7/c24-18-8-6-17(7-9-18)19(11-16-30-13-2-1-3-14-30)22-27-23(26-21-10-12-25-28-21)20-5-4-15-31(20)29-22/h4-10,12,15,19H,1-3,11,13-14,16H2,(H2,25,26,27,28,29). The number of benzene rings is 1. The third-order valence-electron chi connectivity index (χ3n) is 5.92. The van der Waals surface area contributed by atoms with E-state index < -0.39 is 0 Å². The molecule has 31 heavy (non-hydrogen) atoms. The molecule has 1 aliphatic heterocycles. The highest BCUT2D eigenvalue weighted by molar-refractivity contribution is 5.71. The molecule has 1 aromatic carbocycles. The number of piperidine rings is 1. The van der Waals surface area contributed by atoms with E-state index in [2.05, 4.69) is 20.4 Å². The molecule has 1 aliphatic rings. The van der Waals surface area contributed by atoms with Crippen LogP contribution in [0.5, 0.6) is 0 Å². The van der Waals surface area contributed by atoms with Gasteiger partial charge in [0.25, 0.3) is 0 Å². The van der Waals surface area contributed by atoms with Crippen molar-refractivity contribution in [3.8, 4) is 0 Å². The Morgan fingerprint density at radius 2 is 1.90 bits per heavy atom. The normalized spacial score (nSPS) is 15.9. The molecule has 0 radical (unpaired) electrons. The van der Waals surface area contributed by atoms with Gasteiger partial charge in [-0.3, -0.25) is 5.10 Å². The van der Waals surface area contributed by atoms with Crippen molar-refractivity contribution in [1.29, 1.82) is 0 Å². The molecule has 0 aliphatic carbocycles. The van der Waals surface area contributed by atoms with Crippen molar-refractivity contribution in [3.05, 3.63) is 72.1 Å². The van der Waals surface area contributed by atoms with Crippen molar-refractivity contribution in [1.82, 2.24) is 29.7 Å². The van der Waals surface area contributed by atoms with E-state index in [1.165, 1.54) is 31.4 Å². The molecule has 1 unspecified atom stereocenters. The van der Waals surface area contributed by atoms with E-state index >= 15 is 0 Å². The van der Waals surface area contributed by atoms with Gasteiger partial charge in [0.1, 0.15) is 11.3 Å². The molecule has 8 heteroatoms. The number of halogens is 1. The number of hydrogen-bond acceptors (Lipinski definition) is 5. The summed E-state index contributed by atoms with van der Waals surface area (Å²) in [4.78, 5) is 7.41. The average Bonchev–Trinajstić information content (AvgIpc) is 3.48. The number of aromatic nitrogens is 5. The van der Waals surface area contributed by atoms with Crippen LogP contribution in [-0.4, -0.2) is 49.3 Å². The largest absolute Gasteiger partial charge is 0.322 e. The van der Waals surface area contributed by atoms with Gasteiger partial charge in [0.2, 0.25) is 0 Å². The Morgan fingerprint density at radius 3 is 2.68 bits per heavy atom. The molecule has 3 aromatic heterocycles. The van der Waals surface area contributed by atoms with Crippen molar-refractivity contribution < 1.29 is 4.39 Å². The van der Waals surface area contributed by atoms with Gasteiger partial charge in [-0.1, -0.05) is 18.6 Å². The van der Waals surface area contributed by atoms with Crippen molar-refractivity contribution in [2.45, 2.75) is 31.6 Å². The number of likely N-dealkylation sites (tertiary alicyclic amines) is 1. The van der Waals surface area contributed by atoms with Crippen LogP contribution in [-0.2, 0) is 0 Å². The Labute approximate surface area is 180 Å². The van der Waals surface area contributed by atoms with E-state index in [0.29, 0.717) is 17.5 Å². The lowest BCUT2D eigenvalue weighted by atomic mass is 9.94. The number of hydrogen-bond donors (Lipinski definition) is 2. The highest BCUT2D eigenvalue weighted by Crippen LogP contribution is 2.29. The Bertz CT molecular complexity index is 1110. The van der Waals surface area contributed by atoms with Gasteiger partial charge in [-0.25, -0.2) is 13.9 Å². The summed E-state index contributed by atoms with van der Waals surface area (Å²) in [5.74, 6) is 1.84. The summed E-state index contributed by atoms with van der Waals surface area (Å²) in [6.45, 7) is 3.25. The van der Waals surface area contributed by atoms with E-state index in [1.807, 2.05) is 41.0 Å². The molecule has 4 aromatic rings. The molecule has 0 saturated carbocycles. The lowest BCUT2D eigenvalue weighted by Gasteiger charge is -2.28. The molecule has 1 atom stereocenters. The molecular formula is C23H26FN7. The minimum Gasteiger partial charge on any atom is -0.322 e. The van der Waals surface area contributed by atoms with Crippen LogP contribution in [0, 0.1) is 5.82 Å². The van der Waals surface area contributed by atoms with Crippen LogP contribution in [0.2, 0.25) is 0 Å². The summed E-state index contributed by atoms with van der Waals surface area (Å²) in [6.07, 6.45) is 8.38. The van der Waals surface area contributed by atoms with Gasteiger partial charge in [0.15, 0.2) is 17.5 Å². The van der Waals surface area contributed by atoms with E-state index in [1.54, 1.807) is 6.20 Å². The smallest absolute Gasteiger partial charge is 0.159 e. The summed E-state index contributed by atoms with van der Waals surface area (Å²) < 4.78 is 15.5. The van der Waals surface area contributed by atoms with Crippen molar-refractivity contribution in [2.24, 2.45) is 0 Å². The molecule has 0 spiro atoms. The average molecular weight is 420 g/mol. The van der Waals surface area contributed by atoms with Gasteiger partial charge in [0, 0.05) is 24.4 Å². The Hall–Kier alpha value is -3.26. The lowest BCUT2D eigenvalue weighted by Crippen LogP contribution is -2.31. The molecule has 7 nitrogen and oxygen atoms in total. The second kappa shape index (κ2) is 8.85. The number of aromatic amines is 1. The molecule has 0 bridgehead atoms. The minimum atomic E-state index is -0.235. The maximum absolute atomic E-state index is 13.6. The first kappa shape index (κ1) is 19.7. The van der Waals surface area contributed by atoms with Crippen LogP contribution in [0.3, 0.4) is 0 Å². The number of nitrogens with one attached hydrogen (secondary N) is 2. The first-order chi connectivity index (χ1) is 15.3. The minimum absolute atomic E-state index is 0.0333. The number of H-pyrrole nitrogens is 1. The van der Waals surface area contributed by atoms with E-state index in [-0.39, 0.29) is 11.7 Å². The number of fused-ring (bicyclic) bond motifs is 1. The summed E-state index contributed by atoms with van der Waals surface area (Å²) in [6, 6.07) is 12.5. The highest BCUT2D eigenvalue weighted by atomic mass is 19.1. The Morgan fingerprint density at radius 1 is 1.06 bits per heavy atom. The molecule has 0 amide bonds. The topological polar surface area (TPSA) is 74.1 Å². The number of nitrogens with zero attached hydrogens (tertiary/aromatic N) is 5. The van der Waals surface area contributed by atoms with Gasteiger partial charge in [-0.05, 0) is 68.7 Å². The summed E-state index contributed by atoms with van der Waals surface area (Å²) in [5, 5.41) is 15.1. The Balaban J connectivity index is 1.50. The lowest BCUT2D eigenvalue weighted by molar-refractivity contribution is 0.223. The van der Waals surface area contributed by atoms with Gasteiger partial charge in [0.05, 0.1) is 0 Å². The predicted octanol–water partition coefficient (Wildman–Crippen LogP) is 4.34. The third-order valence-corrected chi connectivity index (χ3v) is 5.92. The first-order valence-corrected chi connectivity index (χ1v) is 10.9. The molecule has 1 fully saturated rings. The number of rotatable bonds is 7. The zero-order chi connectivity index (χ0) is 21.0. The van der Waals surface area contributed by atoms with E-state index in [9.17, 15) is 4.39 Å². The third kappa shape index (κ3) is 4.44. The zero-order valence-electron chi connectivity index (χ0n) is 17.3. The fourth-order valence-electron chi connectivity index (χ4n) is 4.28. The highest BCUT2D eigenvalue weighted by Gasteiger charge is 2.22. The summed E-state index contributed by atoms with van der Waals surface area (Å²) in [5.41, 5.74) is 1.90. The van der Waals surface area contributed by atoms with Crippen molar-refractivity contribution >= 4 is 17.2 Å². The summed E-state index contributed by atoms with van der Waals surface area (Å²) in [7, 11) is 0. The van der Waals surface area contributed by atoms with Crippen LogP contribution in [0.15, 0.2) is 54.9 Å². The van der Waals surface area contributed by atoms with Crippen LogP contribution < -0.4 is 5.32 Å².